The van der Waals surface area contributed by atoms with E-state index in [1.165, 1.54) is 0 Å². The quantitative estimate of drug-likeness (QED) is 0.876. The largest absolute Gasteiger partial charge is 0.496 e. The van der Waals surface area contributed by atoms with Gasteiger partial charge in [0.2, 0.25) is 0 Å². The smallest absolute Gasteiger partial charge is 0.124 e. The van der Waals surface area contributed by atoms with Crippen molar-refractivity contribution in [3.8, 4) is 5.75 Å². The Kier molecular flexibility index (Phi) is 3.15. The summed E-state index contributed by atoms with van der Waals surface area (Å²) in [5.41, 5.74) is 9.34. The van der Waals surface area contributed by atoms with Gasteiger partial charge in [0.1, 0.15) is 5.75 Å². The fourth-order valence-electron chi connectivity index (χ4n) is 1.92. The molecule has 0 saturated carbocycles. The van der Waals surface area contributed by atoms with Gasteiger partial charge in [0.05, 0.1) is 18.8 Å². The van der Waals surface area contributed by atoms with Gasteiger partial charge >= 0.3 is 0 Å². The highest BCUT2D eigenvalue weighted by Gasteiger charge is 2.16. The van der Waals surface area contributed by atoms with Crippen molar-refractivity contribution in [2.75, 3.05) is 7.11 Å². The van der Waals surface area contributed by atoms with Gasteiger partial charge in [-0.25, -0.2) is 0 Å². The first kappa shape index (κ1) is 11.7. The first-order chi connectivity index (χ1) is 8.13. The molecule has 0 amide bonds. The normalized spacial score (nSPS) is 12.5. The lowest BCUT2D eigenvalue weighted by Crippen LogP contribution is -2.16. The minimum atomic E-state index is -0.224. The Morgan fingerprint density at radius 1 is 1.35 bits per heavy atom. The Labute approximate surface area is 101 Å². The molecule has 1 unspecified atom stereocenters. The average Bonchev–Trinajstić information content (AvgIpc) is 2.74. The van der Waals surface area contributed by atoms with Crippen LogP contribution >= 0.6 is 0 Å². The zero-order valence-corrected chi connectivity index (χ0v) is 10.3. The predicted molar refractivity (Wildman–Crippen MR) is 67.0 cm³/mol. The molecule has 2 rings (SSSR count). The van der Waals surface area contributed by atoms with Gasteiger partial charge < -0.3 is 10.5 Å². The van der Waals surface area contributed by atoms with E-state index in [4.69, 9.17) is 10.5 Å². The second kappa shape index (κ2) is 4.59. The zero-order chi connectivity index (χ0) is 12.4. The summed E-state index contributed by atoms with van der Waals surface area (Å²) in [5, 5.41) is 4.13. The molecule has 4 heteroatoms. The molecular formula is C13H17N3O. The highest BCUT2D eigenvalue weighted by molar-refractivity contribution is 5.42. The Balaban J connectivity index is 2.44. The van der Waals surface area contributed by atoms with E-state index in [1.807, 2.05) is 38.2 Å². The van der Waals surface area contributed by atoms with Crippen LogP contribution < -0.4 is 10.5 Å². The lowest BCUT2D eigenvalue weighted by Gasteiger charge is -2.16. The van der Waals surface area contributed by atoms with Gasteiger partial charge in [-0.2, -0.15) is 5.10 Å². The monoisotopic (exact) mass is 231 g/mol. The maximum absolute atomic E-state index is 6.25. The maximum atomic E-state index is 6.25. The Morgan fingerprint density at radius 3 is 2.71 bits per heavy atom. The van der Waals surface area contributed by atoms with E-state index in [0.29, 0.717) is 0 Å². The van der Waals surface area contributed by atoms with E-state index in [1.54, 1.807) is 18.0 Å². The molecule has 1 heterocycles. The molecule has 2 aromatic rings. The van der Waals surface area contributed by atoms with Crippen molar-refractivity contribution in [2.24, 2.45) is 12.8 Å². The standard InChI is InChI=1S/C13H17N3O/c1-9-4-5-10(12(8-9)17-3)13(14)11-6-7-15-16(11)2/h4-8,13H,14H2,1-3H3. The first-order valence-electron chi connectivity index (χ1n) is 5.51. The van der Waals surface area contributed by atoms with Crippen molar-refractivity contribution in [2.45, 2.75) is 13.0 Å². The third kappa shape index (κ3) is 2.17. The topological polar surface area (TPSA) is 53.1 Å². The fraction of sp³-hybridized carbons (Fsp3) is 0.308. The van der Waals surface area contributed by atoms with Gasteiger partial charge in [-0.1, -0.05) is 12.1 Å². The summed E-state index contributed by atoms with van der Waals surface area (Å²) in [6.07, 6.45) is 1.75. The van der Waals surface area contributed by atoms with E-state index in [-0.39, 0.29) is 6.04 Å². The van der Waals surface area contributed by atoms with Crippen LogP contribution in [0.1, 0.15) is 22.9 Å². The molecule has 2 N–H and O–H groups in total. The van der Waals surface area contributed by atoms with Gasteiger partial charge in [0, 0.05) is 18.8 Å². The summed E-state index contributed by atoms with van der Waals surface area (Å²) in [7, 11) is 3.55. The summed E-state index contributed by atoms with van der Waals surface area (Å²) < 4.78 is 7.16. The van der Waals surface area contributed by atoms with Crippen LogP contribution in [-0.4, -0.2) is 16.9 Å². The van der Waals surface area contributed by atoms with Crippen molar-refractivity contribution in [1.82, 2.24) is 9.78 Å². The number of aromatic nitrogens is 2. The number of ether oxygens (including phenoxy) is 1. The third-order valence-corrected chi connectivity index (χ3v) is 2.90. The summed E-state index contributed by atoms with van der Waals surface area (Å²) in [5.74, 6) is 0.818. The number of hydrogen-bond acceptors (Lipinski definition) is 3. The number of nitrogens with two attached hydrogens (primary N) is 1. The van der Waals surface area contributed by atoms with Crippen LogP contribution in [0.15, 0.2) is 30.5 Å². The van der Waals surface area contributed by atoms with Gasteiger partial charge in [-0.3, -0.25) is 4.68 Å². The van der Waals surface area contributed by atoms with Crippen LogP contribution in [0.3, 0.4) is 0 Å². The van der Waals surface area contributed by atoms with Crippen molar-refractivity contribution in [3.63, 3.8) is 0 Å². The molecule has 90 valence electrons. The van der Waals surface area contributed by atoms with Crippen LogP contribution in [0.25, 0.3) is 0 Å². The molecule has 1 aromatic heterocycles. The summed E-state index contributed by atoms with van der Waals surface area (Å²) in [4.78, 5) is 0. The Morgan fingerprint density at radius 2 is 2.12 bits per heavy atom. The van der Waals surface area contributed by atoms with Gasteiger partial charge in [0.15, 0.2) is 0 Å². The van der Waals surface area contributed by atoms with E-state index in [2.05, 4.69) is 5.10 Å². The van der Waals surface area contributed by atoms with Gasteiger partial charge in [0.25, 0.3) is 0 Å². The predicted octanol–water partition coefficient (Wildman–Crippen LogP) is 1.79. The van der Waals surface area contributed by atoms with Crippen LogP contribution in [0.2, 0.25) is 0 Å². The number of aryl methyl sites for hydroxylation is 2. The number of hydrogen-bond donors (Lipinski definition) is 1. The number of benzene rings is 1. The second-order valence-corrected chi connectivity index (χ2v) is 4.10. The molecule has 0 aliphatic rings. The van der Waals surface area contributed by atoms with Crippen LogP contribution in [0.5, 0.6) is 5.75 Å². The van der Waals surface area contributed by atoms with Crippen LogP contribution in [-0.2, 0) is 7.05 Å². The molecule has 0 fully saturated rings. The van der Waals surface area contributed by atoms with Gasteiger partial charge in [-0.15, -0.1) is 0 Å². The zero-order valence-electron chi connectivity index (χ0n) is 10.3. The number of methoxy groups -OCH3 is 1. The Hall–Kier alpha value is -1.81. The SMILES string of the molecule is COc1cc(C)ccc1C(N)c1ccnn1C. The minimum absolute atomic E-state index is 0.224. The molecule has 1 aromatic carbocycles. The highest BCUT2D eigenvalue weighted by atomic mass is 16.5. The maximum Gasteiger partial charge on any atom is 0.124 e. The van der Waals surface area contributed by atoms with Gasteiger partial charge in [-0.05, 0) is 24.6 Å². The third-order valence-electron chi connectivity index (χ3n) is 2.90. The Bertz CT molecular complexity index is 519. The lowest BCUT2D eigenvalue weighted by atomic mass is 10.0. The van der Waals surface area contributed by atoms with Crippen LogP contribution in [0.4, 0.5) is 0 Å². The molecule has 0 spiro atoms. The molecule has 1 atom stereocenters. The van der Waals surface area contributed by atoms with E-state index < -0.39 is 0 Å². The van der Waals surface area contributed by atoms with E-state index >= 15 is 0 Å². The second-order valence-electron chi connectivity index (χ2n) is 4.10. The molecule has 0 aliphatic carbocycles. The van der Waals surface area contributed by atoms with Crippen molar-refractivity contribution >= 4 is 0 Å². The first-order valence-corrected chi connectivity index (χ1v) is 5.51. The molecule has 4 nitrogen and oxygen atoms in total. The summed E-state index contributed by atoms with van der Waals surface area (Å²) in [6, 6.07) is 7.73. The molecule has 0 aliphatic heterocycles. The van der Waals surface area contributed by atoms with Crippen LogP contribution in [0, 0.1) is 6.92 Å². The van der Waals surface area contributed by atoms with E-state index in [9.17, 15) is 0 Å². The van der Waals surface area contributed by atoms with E-state index in [0.717, 1.165) is 22.6 Å². The van der Waals surface area contributed by atoms with Crippen molar-refractivity contribution in [1.29, 1.82) is 0 Å². The molecule has 0 bridgehead atoms. The molecule has 17 heavy (non-hydrogen) atoms. The minimum Gasteiger partial charge on any atom is -0.496 e. The lowest BCUT2D eigenvalue weighted by molar-refractivity contribution is 0.406. The summed E-state index contributed by atoms with van der Waals surface area (Å²) >= 11 is 0. The highest BCUT2D eigenvalue weighted by Crippen LogP contribution is 2.28. The molecular weight excluding hydrogens is 214 g/mol. The average molecular weight is 231 g/mol. The van der Waals surface area contributed by atoms with Crippen molar-refractivity contribution in [3.05, 3.63) is 47.3 Å². The number of rotatable bonds is 3. The fourth-order valence-corrected chi connectivity index (χ4v) is 1.92. The van der Waals surface area contributed by atoms with Crippen molar-refractivity contribution < 1.29 is 4.74 Å². The molecule has 0 saturated heterocycles. The molecule has 0 radical (unpaired) electrons. The number of nitrogens with zero attached hydrogens (tertiary/aromatic N) is 2. The summed E-state index contributed by atoms with van der Waals surface area (Å²) in [6.45, 7) is 2.03.